The molecule has 2 N–H and O–H groups in total. The van der Waals surface area contributed by atoms with Gasteiger partial charge in [0.25, 0.3) is 0 Å². The maximum atomic E-state index is 12.3. The third-order valence-corrected chi connectivity index (χ3v) is 3.48. The van der Waals surface area contributed by atoms with Crippen molar-refractivity contribution in [1.82, 2.24) is 4.90 Å². The number of furan rings is 1. The van der Waals surface area contributed by atoms with E-state index in [0.29, 0.717) is 19.5 Å². The van der Waals surface area contributed by atoms with Gasteiger partial charge in [-0.05, 0) is 24.1 Å². The summed E-state index contributed by atoms with van der Waals surface area (Å²) >= 11 is 0. The average Bonchev–Trinajstić information content (AvgIpc) is 2.84. The van der Waals surface area contributed by atoms with Gasteiger partial charge in [0.1, 0.15) is 5.76 Å². The van der Waals surface area contributed by atoms with Crippen molar-refractivity contribution >= 4 is 5.91 Å². The zero-order chi connectivity index (χ0) is 14.5. The summed E-state index contributed by atoms with van der Waals surface area (Å²) in [5.74, 6) is 0.929. The van der Waals surface area contributed by atoms with Crippen molar-refractivity contribution < 1.29 is 9.21 Å². The molecule has 1 amide bonds. The maximum absolute atomic E-state index is 12.3. The number of carbonyl (C=O) groups is 1. The lowest BCUT2D eigenvalue weighted by Gasteiger charge is -2.17. The molecule has 0 unspecified atom stereocenters. The lowest BCUT2D eigenvalue weighted by molar-refractivity contribution is -0.129. The Bertz CT molecular complexity index is 590. The first-order valence-corrected chi connectivity index (χ1v) is 6.65. The number of rotatable bonds is 5. The fraction of sp³-hybridized carbons (Fsp3) is 0.312. The predicted octanol–water partition coefficient (Wildman–Crippen LogP) is 2.25. The van der Waals surface area contributed by atoms with E-state index < -0.39 is 0 Å². The number of likely N-dealkylation sites (N-methyl/N-ethyl adjacent to an activating group) is 1. The van der Waals surface area contributed by atoms with E-state index in [2.05, 4.69) is 0 Å². The molecule has 0 saturated heterocycles. The van der Waals surface area contributed by atoms with E-state index in [1.807, 2.05) is 37.3 Å². The smallest absolute Gasteiger partial charge is 0.227 e. The fourth-order valence-corrected chi connectivity index (χ4v) is 2.15. The van der Waals surface area contributed by atoms with E-state index >= 15 is 0 Å². The lowest BCUT2D eigenvalue weighted by Crippen LogP contribution is -2.28. The number of amides is 1. The van der Waals surface area contributed by atoms with Gasteiger partial charge in [-0.3, -0.25) is 4.79 Å². The van der Waals surface area contributed by atoms with Gasteiger partial charge in [0.15, 0.2) is 0 Å². The third kappa shape index (κ3) is 3.27. The molecule has 1 aromatic carbocycles. The maximum Gasteiger partial charge on any atom is 0.227 e. The standard InChI is InChI=1S/C16H20N2O2/c1-12-15(7-8-20-12)11-18(2)16(19)9-13-5-3-4-6-14(13)10-17/h3-8H,9-11,17H2,1-2H3. The van der Waals surface area contributed by atoms with Crippen LogP contribution in [0.1, 0.15) is 22.5 Å². The van der Waals surface area contributed by atoms with Gasteiger partial charge in [-0.25, -0.2) is 0 Å². The highest BCUT2D eigenvalue weighted by molar-refractivity contribution is 5.78. The van der Waals surface area contributed by atoms with Crippen LogP contribution in [0.5, 0.6) is 0 Å². The second-order valence-corrected chi connectivity index (χ2v) is 4.90. The van der Waals surface area contributed by atoms with Crippen molar-refractivity contribution in [3.63, 3.8) is 0 Å². The molecule has 0 radical (unpaired) electrons. The first kappa shape index (κ1) is 14.3. The van der Waals surface area contributed by atoms with Crippen molar-refractivity contribution in [3.8, 4) is 0 Å². The molecule has 1 aromatic heterocycles. The molecule has 4 heteroatoms. The van der Waals surface area contributed by atoms with Crippen LogP contribution >= 0.6 is 0 Å². The van der Waals surface area contributed by atoms with Crippen LogP contribution in [0.4, 0.5) is 0 Å². The van der Waals surface area contributed by atoms with Crippen LogP contribution in [0, 0.1) is 6.92 Å². The molecule has 2 aromatic rings. The zero-order valence-corrected chi connectivity index (χ0v) is 11.9. The van der Waals surface area contributed by atoms with E-state index in [9.17, 15) is 4.79 Å². The zero-order valence-electron chi connectivity index (χ0n) is 11.9. The summed E-state index contributed by atoms with van der Waals surface area (Å²) in [6, 6.07) is 9.68. The Morgan fingerprint density at radius 3 is 2.50 bits per heavy atom. The molecule has 20 heavy (non-hydrogen) atoms. The molecule has 2 rings (SSSR count). The Kier molecular flexibility index (Phi) is 4.58. The van der Waals surface area contributed by atoms with Crippen LogP contribution in [0.2, 0.25) is 0 Å². The van der Waals surface area contributed by atoms with E-state index in [4.69, 9.17) is 10.2 Å². The van der Waals surface area contributed by atoms with Gasteiger partial charge in [0.2, 0.25) is 5.91 Å². The van der Waals surface area contributed by atoms with E-state index in [1.54, 1.807) is 18.2 Å². The quantitative estimate of drug-likeness (QED) is 0.908. The Morgan fingerprint density at radius 1 is 1.20 bits per heavy atom. The van der Waals surface area contributed by atoms with E-state index in [1.165, 1.54) is 0 Å². The van der Waals surface area contributed by atoms with Crippen LogP contribution in [-0.4, -0.2) is 17.9 Å². The van der Waals surface area contributed by atoms with Crippen LogP contribution in [0.15, 0.2) is 41.0 Å². The lowest BCUT2D eigenvalue weighted by atomic mass is 10.0. The summed E-state index contributed by atoms with van der Waals surface area (Å²) in [7, 11) is 1.81. The molecular formula is C16H20N2O2. The number of nitrogens with two attached hydrogens (primary N) is 1. The van der Waals surface area contributed by atoms with Crippen LogP contribution < -0.4 is 5.73 Å². The number of aryl methyl sites for hydroxylation is 1. The highest BCUT2D eigenvalue weighted by atomic mass is 16.3. The van der Waals surface area contributed by atoms with Crippen molar-refractivity contribution in [2.75, 3.05) is 7.05 Å². The monoisotopic (exact) mass is 272 g/mol. The third-order valence-electron chi connectivity index (χ3n) is 3.48. The largest absolute Gasteiger partial charge is 0.469 e. The molecule has 0 aliphatic heterocycles. The topological polar surface area (TPSA) is 59.5 Å². The van der Waals surface area contributed by atoms with E-state index in [-0.39, 0.29) is 5.91 Å². The number of benzene rings is 1. The van der Waals surface area contributed by atoms with Gasteiger partial charge >= 0.3 is 0 Å². The molecule has 0 fully saturated rings. The van der Waals surface area contributed by atoms with Gasteiger partial charge in [-0.2, -0.15) is 0 Å². The Hall–Kier alpha value is -2.07. The van der Waals surface area contributed by atoms with Gasteiger partial charge in [0, 0.05) is 25.7 Å². The Morgan fingerprint density at radius 2 is 1.90 bits per heavy atom. The number of hydrogen-bond acceptors (Lipinski definition) is 3. The Balaban J connectivity index is 2.02. The van der Waals surface area contributed by atoms with Crippen molar-refractivity contribution in [2.24, 2.45) is 5.73 Å². The summed E-state index contributed by atoms with van der Waals surface area (Å²) < 4.78 is 5.25. The van der Waals surface area contributed by atoms with Crippen LogP contribution in [0.3, 0.4) is 0 Å². The highest BCUT2D eigenvalue weighted by Crippen LogP contribution is 2.13. The summed E-state index contributed by atoms with van der Waals surface area (Å²) in [5, 5.41) is 0. The predicted molar refractivity (Wildman–Crippen MR) is 78.0 cm³/mol. The molecule has 1 heterocycles. The van der Waals surface area contributed by atoms with Crippen LogP contribution in [-0.2, 0) is 24.3 Å². The molecule has 0 atom stereocenters. The second-order valence-electron chi connectivity index (χ2n) is 4.90. The molecule has 0 aliphatic rings. The summed E-state index contributed by atoms with van der Waals surface area (Å²) in [5.41, 5.74) is 8.75. The van der Waals surface area contributed by atoms with E-state index in [0.717, 1.165) is 22.5 Å². The van der Waals surface area contributed by atoms with Crippen molar-refractivity contribution in [2.45, 2.75) is 26.4 Å². The molecule has 0 spiro atoms. The van der Waals surface area contributed by atoms with Crippen molar-refractivity contribution in [1.29, 1.82) is 0 Å². The van der Waals surface area contributed by atoms with Gasteiger partial charge in [-0.15, -0.1) is 0 Å². The van der Waals surface area contributed by atoms with Gasteiger partial charge < -0.3 is 15.1 Å². The Labute approximate surface area is 119 Å². The first-order chi connectivity index (χ1) is 9.61. The molecular weight excluding hydrogens is 252 g/mol. The molecule has 0 saturated carbocycles. The normalized spacial score (nSPS) is 10.6. The molecule has 0 aliphatic carbocycles. The highest BCUT2D eigenvalue weighted by Gasteiger charge is 2.13. The van der Waals surface area contributed by atoms with Gasteiger partial charge in [0.05, 0.1) is 12.7 Å². The minimum absolute atomic E-state index is 0.0755. The second kappa shape index (κ2) is 6.39. The van der Waals surface area contributed by atoms with Crippen molar-refractivity contribution in [3.05, 3.63) is 59.0 Å². The minimum atomic E-state index is 0.0755. The first-order valence-electron chi connectivity index (χ1n) is 6.65. The minimum Gasteiger partial charge on any atom is -0.469 e. The van der Waals surface area contributed by atoms with Gasteiger partial charge in [-0.1, -0.05) is 24.3 Å². The fourth-order valence-electron chi connectivity index (χ4n) is 2.15. The SMILES string of the molecule is Cc1occc1CN(C)C(=O)Cc1ccccc1CN. The molecule has 0 bridgehead atoms. The number of nitrogens with zero attached hydrogens (tertiary/aromatic N) is 1. The average molecular weight is 272 g/mol. The summed E-state index contributed by atoms with van der Waals surface area (Å²) in [4.78, 5) is 14.0. The molecule has 106 valence electrons. The number of carbonyl (C=O) groups excluding carboxylic acids is 1. The summed E-state index contributed by atoms with van der Waals surface area (Å²) in [6.07, 6.45) is 2.02. The van der Waals surface area contributed by atoms with Crippen LogP contribution in [0.25, 0.3) is 0 Å². The number of hydrogen-bond donors (Lipinski definition) is 1. The molecule has 4 nitrogen and oxygen atoms in total. The summed E-state index contributed by atoms with van der Waals surface area (Å²) in [6.45, 7) is 2.91.